The van der Waals surface area contributed by atoms with Crippen LogP contribution in [0.3, 0.4) is 0 Å². The third kappa shape index (κ3) is 3.04. The van der Waals surface area contributed by atoms with Gasteiger partial charge in [-0.2, -0.15) is 0 Å². The Morgan fingerprint density at radius 3 is 2.12 bits per heavy atom. The van der Waals surface area contributed by atoms with E-state index >= 15 is 0 Å². The Labute approximate surface area is 79.7 Å². The second-order valence-corrected chi connectivity index (χ2v) is 5.96. The maximum absolute atomic E-state index is 5.71. The first-order chi connectivity index (χ1) is 3.50. The lowest BCUT2D eigenvalue weighted by molar-refractivity contribution is 0.827. The zero-order chi connectivity index (χ0) is 6.78. The molecule has 0 nitrogen and oxygen atoms in total. The summed E-state index contributed by atoms with van der Waals surface area (Å²) in [5.74, 6) is 0. The van der Waals surface area contributed by atoms with Crippen LogP contribution >= 0.6 is 59.4 Å². The van der Waals surface area contributed by atoms with Gasteiger partial charge in [-0.15, -0.1) is 11.6 Å². The van der Waals surface area contributed by atoms with Gasteiger partial charge in [0.15, 0.2) is 0 Å². The maximum atomic E-state index is 5.71. The first kappa shape index (κ1) is 9.73. The summed E-state index contributed by atoms with van der Waals surface area (Å²) in [5.41, 5.74) is 0. The SMILES string of the molecule is CC(Br)(CBr)C(Cl)Br. The Kier molecular flexibility index (Phi) is 4.61. The molecule has 0 saturated carbocycles. The van der Waals surface area contributed by atoms with Crippen LogP contribution < -0.4 is 0 Å². The molecule has 4 heteroatoms. The highest BCUT2D eigenvalue weighted by Gasteiger charge is 2.25. The molecule has 2 atom stereocenters. The molecule has 0 aliphatic rings. The van der Waals surface area contributed by atoms with Gasteiger partial charge in [0.25, 0.3) is 0 Å². The molecule has 0 aliphatic heterocycles. The van der Waals surface area contributed by atoms with E-state index < -0.39 is 0 Å². The summed E-state index contributed by atoms with van der Waals surface area (Å²) < 4.78 is -0.0801. The number of halogens is 4. The van der Waals surface area contributed by atoms with E-state index in [1.54, 1.807) is 0 Å². The molecule has 0 spiro atoms. The van der Waals surface area contributed by atoms with Crippen molar-refractivity contribution >= 4 is 59.4 Å². The lowest BCUT2D eigenvalue weighted by atomic mass is 10.3. The van der Waals surface area contributed by atoms with Gasteiger partial charge in [0, 0.05) is 5.33 Å². The van der Waals surface area contributed by atoms with Crippen LogP contribution in [0, 0.1) is 0 Å². The molecule has 0 bridgehead atoms. The second-order valence-electron chi connectivity index (χ2n) is 1.71. The van der Waals surface area contributed by atoms with Crippen LogP contribution in [0.25, 0.3) is 0 Å². The van der Waals surface area contributed by atoms with Crippen LogP contribution in [0.4, 0.5) is 0 Å². The van der Waals surface area contributed by atoms with Crippen molar-refractivity contribution in [3.05, 3.63) is 0 Å². The van der Waals surface area contributed by atoms with Crippen molar-refractivity contribution in [2.45, 2.75) is 15.5 Å². The van der Waals surface area contributed by atoms with Gasteiger partial charge in [-0.25, -0.2) is 0 Å². The lowest BCUT2D eigenvalue weighted by Gasteiger charge is -2.19. The van der Waals surface area contributed by atoms with Gasteiger partial charge >= 0.3 is 0 Å². The third-order valence-electron chi connectivity index (χ3n) is 0.716. The van der Waals surface area contributed by atoms with Crippen molar-refractivity contribution in [2.24, 2.45) is 0 Å². The van der Waals surface area contributed by atoms with Crippen molar-refractivity contribution < 1.29 is 0 Å². The summed E-state index contributed by atoms with van der Waals surface area (Å²) in [6.07, 6.45) is 0. The van der Waals surface area contributed by atoms with Crippen LogP contribution in [-0.2, 0) is 0 Å². The minimum Gasteiger partial charge on any atom is -0.109 e. The van der Waals surface area contributed by atoms with E-state index in [0.29, 0.717) is 0 Å². The Hall–Kier alpha value is 1.73. The summed E-state index contributed by atoms with van der Waals surface area (Å²) in [7, 11) is 0. The molecule has 0 aromatic heterocycles. The van der Waals surface area contributed by atoms with E-state index in [1.165, 1.54) is 0 Å². The fourth-order valence-electron chi connectivity index (χ4n) is 0.0583. The van der Waals surface area contributed by atoms with Crippen molar-refractivity contribution in [2.75, 3.05) is 5.33 Å². The summed E-state index contributed by atoms with van der Waals surface area (Å²) in [6, 6.07) is 0. The molecule has 0 fully saturated rings. The predicted molar refractivity (Wildman–Crippen MR) is 49.7 cm³/mol. The first-order valence-corrected chi connectivity index (χ1v) is 5.30. The molecule has 2 unspecified atom stereocenters. The molecule has 0 radical (unpaired) electrons. The highest BCUT2D eigenvalue weighted by molar-refractivity contribution is 9.14. The van der Waals surface area contributed by atoms with Gasteiger partial charge in [-0.3, -0.25) is 0 Å². The van der Waals surface area contributed by atoms with Gasteiger partial charge in [0.2, 0.25) is 0 Å². The average Bonchev–Trinajstić information content (AvgIpc) is 1.67. The first-order valence-electron chi connectivity index (χ1n) is 2.03. The maximum Gasteiger partial charge on any atom is 0.104 e. The fourth-order valence-corrected chi connectivity index (χ4v) is 1.24. The predicted octanol–water partition coefficient (Wildman–Crippen LogP) is 3.49. The Bertz CT molecular complexity index is 71.7. The van der Waals surface area contributed by atoms with Crippen molar-refractivity contribution in [1.29, 1.82) is 0 Å². The van der Waals surface area contributed by atoms with Crippen molar-refractivity contribution in [1.82, 2.24) is 0 Å². The molecule has 0 aliphatic carbocycles. The molecule has 0 heterocycles. The van der Waals surface area contributed by atoms with E-state index in [2.05, 4.69) is 47.8 Å². The number of hydrogen-bond donors (Lipinski definition) is 0. The third-order valence-corrected chi connectivity index (χ3v) is 5.74. The minimum atomic E-state index is -0.0471. The largest absolute Gasteiger partial charge is 0.109 e. The monoisotopic (exact) mass is 326 g/mol. The average molecular weight is 329 g/mol. The molecular weight excluding hydrogens is 323 g/mol. The lowest BCUT2D eigenvalue weighted by Crippen LogP contribution is -2.25. The minimum absolute atomic E-state index is 0.0330. The number of rotatable bonds is 2. The smallest absolute Gasteiger partial charge is 0.104 e. The Balaban J connectivity index is 3.71. The van der Waals surface area contributed by atoms with Gasteiger partial charge in [0.05, 0.1) is 4.32 Å². The number of alkyl halides is 4. The highest BCUT2D eigenvalue weighted by atomic mass is 79.9. The molecule has 0 aromatic rings. The van der Waals surface area contributed by atoms with Crippen molar-refractivity contribution in [3.8, 4) is 0 Å². The van der Waals surface area contributed by atoms with Crippen LogP contribution in [0.15, 0.2) is 0 Å². The van der Waals surface area contributed by atoms with Crippen LogP contribution in [0.2, 0.25) is 0 Å². The Morgan fingerprint density at radius 1 is 1.75 bits per heavy atom. The fraction of sp³-hybridized carbons (Fsp3) is 1.00. The zero-order valence-electron chi connectivity index (χ0n) is 4.30. The van der Waals surface area contributed by atoms with E-state index in [9.17, 15) is 0 Å². The zero-order valence-corrected chi connectivity index (χ0v) is 9.81. The van der Waals surface area contributed by atoms with Gasteiger partial charge < -0.3 is 0 Å². The molecule has 50 valence electrons. The standard InChI is InChI=1S/C4H6Br3Cl/c1-4(7,2-5)3(6)8/h3H,2H2,1H3. The van der Waals surface area contributed by atoms with Crippen LogP contribution in [0.1, 0.15) is 6.92 Å². The highest BCUT2D eigenvalue weighted by Crippen LogP contribution is 2.31. The number of hydrogen-bond acceptors (Lipinski definition) is 0. The van der Waals surface area contributed by atoms with Gasteiger partial charge in [-0.1, -0.05) is 47.8 Å². The molecule has 0 rings (SSSR count). The molecule has 0 aromatic carbocycles. The summed E-state index contributed by atoms with van der Waals surface area (Å²) in [6.45, 7) is 2.01. The van der Waals surface area contributed by atoms with Crippen molar-refractivity contribution in [3.63, 3.8) is 0 Å². The van der Waals surface area contributed by atoms with E-state index in [1.807, 2.05) is 6.92 Å². The Morgan fingerprint density at radius 2 is 2.12 bits per heavy atom. The second kappa shape index (κ2) is 3.79. The molecule has 0 N–H and O–H groups in total. The summed E-state index contributed by atoms with van der Waals surface area (Å²) >= 11 is 15.7. The normalized spacial score (nSPS) is 22.1. The summed E-state index contributed by atoms with van der Waals surface area (Å²) in [5, 5.41) is 0.833. The quantitative estimate of drug-likeness (QED) is 0.681. The molecule has 0 saturated heterocycles. The molecule has 0 amide bonds. The van der Waals surface area contributed by atoms with E-state index in [4.69, 9.17) is 11.6 Å². The van der Waals surface area contributed by atoms with E-state index in [-0.39, 0.29) is 8.61 Å². The van der Waals surface area contributed by atoms with Gasteiger partial charge in [0.1, 0.15) is 4.29 Å². The molecular formula is C4H6Br3Cl. The van der Waals surface area contributed by atoms with Crippen LogP contribution in [-0.4, -0.2) is 13.9 Å². The molecule has 8 heavy (non-hydrogen) atoms. The summed E-state index contributed by atoms with van der Waals surface area (Å²) in [4.78, 5) is 0. The van der Waals surface area contributed by atoms with Gasteiger partial charge in [-0.05, 0) is 6.92 Å². The van der Waals surface area contributed by atoms with E-state index in [0.717, 1.165) is 5.33 Å². The van der Waals surface area contributed by atoms with Crippen LogP contribution in [0.5, 0.6) is 0 Å². The topological polar surface area (TPSA) is 0 Å².